The summed E-state index contributed by atoms with van der Waals surface area (Å²) in [4.78, 5) is 25.0. The highest BCUT2D eigenvalue weighted by Gasteiger charge is 2.17. The molecule has 138 valence electrons. The number of carbonyl (C=O) groups excluding carboxylic acids is 1. The normalized spacial score (nSPS) is 10.5. The van der Waals surface area contributed by atoms with Crippen molar-refractivity contribution in [2.24, 2.45) is 0 Å². The Morgan fingerprint density at radius 3 is 2.52 bits per heavy atom. The van der Waals surface area contributed by atoms with Crippen molar-refractivity contribution in [1.82, 2.24) is 9.78 Å². The summed E-state index contributed by atoms with van der Waals surface area (Å²) in [6.45, 7) is 6.10. The monoisotopic (exact) mass is 363 g/mol. The van der Waals surface area contributed by atoms with Crippen molar-refractivity contribution in [2.45, 2.75) is 20.8 Å². The fourth-order valence-electron chi connectivity index (χ4n) is 2.68. The summed E-state index contributed by atoms with van der Waals surface area (Å²) in [5.41, 5.74) is 2.43. The minimum Gasteiger partial charge on any atom is -0.492 e. The van der Waals surface area contributed by atoms with Crippen molar-refractivity contribution in [3.8, 4) is 11.4 Å². The lowest BCUT2D eigenvalue weighted by Gasteiger charge is -2.13. The Morgan fingerprint density at radius 1 is 1.11 bits per heavy atom. The minimum absolute atomic E-state index is 0.174. The summed E-state index contributed by atoms with van der Waals surface area (Å²) in [5, 5.41) is 7.01. The van der Waals surface area contributed by atoms with Gasteiger partial charge in [-0.1, -0.05) is 29.8 Å². The van der Waals surface area contributed by atoms with Crippen LogP contribution >= 0.6 is 0 Å². The molecule has 0 aliphatic carbocycles. The molecule has 1 heterocycles. The Kier molecular flexibility index (Phi) is 5.35. The predicted molar refractivity (Wildman–Crippen MR) is 105 cm³/mol. The number of amides is 1. The molecule has 1 N–H and O–H groups in total. The van der Waals surface area contributed by atoms with E-state index in [1.54, 1.807) is 29.8 Å². The van der Waals surface area contributed by atoms with Crippen LogP contribution in [0.2, 0.25) is 0 Å². The lowest BCUT2D eigenvalue weighted by molar-refractivity contribution is 0.101. The maximum atomic E-state index is 12.7. The minimum atomic E-state index is -0.576. The third kappa shape index (κ3) is 4.06. The topological polar surface area (TPSA) is 73.2 Å². The average Bonchev–Trinajstić information content (AvgIpc) is 2.64. The third-order valence-electron chi connectivity index (χ3n) is 4.04. The van der Waals surface area contributed by atoms with Crippen molar-refractivity contribution in [2.75, 3.05) is 11.9 Å². The van der Waals surface area contributed by atoms with E-state index in [0.29, 0.717) is 23.7 Å². The number of nitrogens with zero attached hydrogens (tertiary/aromatic N) is 2. The number of para-hydroxylation sites is 2. The zero-order chi connectivity index (χ0) is 19.4. The Bertz CT molecular complexity index is 1020. The zero-order valence-corrected chi connectivity index (χ0v) is 15.5. The van der Waals surface area contributed by atoms with Gasteiger partial charge in [0, 0.05) is 11.8 Å². The van der Waals surface area contributed by atoms with Gasteiger partial charge in [-0.15, -0.1) is 0 Å². The van der Waals surface area contributed by atoms with Gasteiger partial charge in [-0.25, -0.2) is 4.68 Å². The Hall–Kier alpha value is -3.41. The van der Waals surface area contributed by atoms with Crippen LogP contribution in [-0.2, 0) is 0 Å². The summed E-state index contributed by atoms with van der Waals surface area (Å²) in [5.74, 6) is -0.0349. The first-order chi connectivity index (χ1) is 13.0. The first-order valence-electron chi connectivity index (χ1n) is 8.71. The van der Waals surface area contributed by atoms with Gasteiger partial charge in [0.05, 0.1) is 18.0 Å². The van der Waals surface area contributed by atoms with Crippen molar-refractivity contribution in [3.05, 3.63) is 81.8 Å². The fraction of sp³-hybridized carbons (Fsp3) is 0.190. The van der Waals surface area contributed by atoms with Crippen LogP contribution in [0.15, 0.2) is 59.4 Å². The van der Waals surface area contributed by atoms with Crippen LogP contribution in [0.25, 0.3) is 5.69 Å². The molecular formula is C21H21N3O3. The van der Waals surface area contributed by atoms with Crippen LogP contribution in [0, 0.1) is 13.8 Å². The van der Waals surface area contributed by atoms with Gasteiger partial charge in [0.1, 0.15) is 5.75 Å². The predicted octanol–water partition coefficient (Wildman–Crippen LogP) is 3.50. The summed E-state index contributed by atoms with van der Waals surface area (Å²) in [6, 6.07) is 16.2. The van der Waals surface area contributed by atoms with Gasteiger partial charge >= 0.3 is 0 Å². The molecule has 6 heteroatoms. The number of carbonyl (C=O) groups is 1. The standard InChI is InChI=1S/C21H21N3O3/c1-4-27-19-8-6-5-7-17(19)22-21(26)20-18(25)13-15(3)24(23-20)16-11-9-14(2)10-12-16/h5-13H,4H2,1-3H3,(H,22,26). The molecule has 27 heavy (non-hydrogen) atoms. The van der Waals surface area contributed by atoms with E-state index in [2.05, 4.69) is 10.4 Å². The highest BCUT2D eigenvalue weighted by molar-refractivity contribution is 6.03. The van der Waals surface area contributed by atoms with Gasteiger partial charge in [-0.05, 0) is 45.0 Å². The number of hydrogen-bond donors (Lipinski definition) is 1. The number of aromatic nitrogens is 2. The molecule has 0 saturated heterocycles. The van der Waals surface area contributed by atoms with Crippen molar-refractivity contribution in [1.29, 1.82) is 0 Å². The van der Waals surface area contributed by atoms with Crippen LogP contribution in [0.3, 0.4) is 0 Å². The molecule has 1 aromatic heterocycles. The molecule has 0 aliphatic rings. The number of ether oxygens (including phenoxy) is 1. The van der Waals surface area contributed by atoms with Gasteiger partial charge in [0.15, 0.2) is 5.69 Å². The van der Waals surface area contributed by atoms with Crippen LogP contribution in [0.5, 0.6) is 5.75 Å². The quantitative estimate of drug-likeness (QED) is 0.753. The molecule has 6 nitrogen and oxygen atoms in total. The Morgan fingerprint density at radius 2 is 1.81 bits per heavy atom. The smallest absolute Gasteiger partial charge is 0.280 e. The summed E-state index contributed by atoms with van der Waals surface area (Å²) in [6.07, 6.45) is 0. The van der Waals surface area contributed by atoms with Gasteiger partial charge in [0.25, 0.3) is 5.91 Å². The van der Waals surface area contributed by atoms with E-state index >= 15 is 0 Å². The molecule has 1 amide bonds. The van der Waals surface area contributed by atoms with Crippen LogP contribution in [0.4, 0.5) is 5.69 Å². The molecule has 0 atom stereocenters. The van der Waals surface area contributed by atoms with Crippen LogP contribution in [0.1, 0.15) is 28.7 Å². The largest absolute Gasteiger partial charge is 0.492 e. The molecule has 0 bridgehead atoms. The Balaban J connectivity index is 1.97. The molecule has 3 rings (SSSR count). The van der Waals surface area contributed by atoms with Gasteiger partial charge < -0.3 is 10.1 Å². The van der Waals surface area contributed by atoms with Gasteiger partial charge in [-0.3, -0.25) is 9.59 Å². The van der Waals surface area contributed by atoms with E-state index in [1.807, 2.05) is 44.2 Å². The zero-order valence-electron chi connectivity index (χ0n) is 15.5. The number of nitrogens with one attached hydrogen (secondary N) is 1. The maximum Gasteiger partial charge on any atom is 0.280 e. The van der Waals surface area contributed by atoms with Crippen molar-refractivity contribution in [3.63, 3.8) is 0 Å². The van der Waals surface area contributed by atoms with Crippen LogP contribution < -0.4 is 15.5 Å². The third-order valence-corrected chi connectivity index (χ3v) is 4.04. The number of anilines is 1. The maximum absolute atomic E-state index is 12.7. The van der Waals surface area contributed by atoms with Crippen molar-refractivity contribution >= 4 is 11.6 Å². The van der Waals surface area contributed by atoms with Crippen molar-refractivity contribution < 1.29 is 9.53 Å². The van der Waals surface area contributed by atoms with E-state index in [9.17, 15) is 9.59 Å². The first kappa shape index (κ1) is 18.4. The molecule has 0 saturated carbocycles. The number of benzene rings is 2. The molecular weight excluding hydrogens is 342 g/mol. The van der Waals surface area contributed by atoms with Crippen LogP contribution in [-0.4, -0.2) is 22.3 Å². The van der Waals surface area contributed by atoms with E-state index < -0.39 is 11.3 Å². The van der Waals surface area contributed by atoms with Gasteiger partial charge in [0.2, 0.25) is 5.43 Å². The van der Waals surface area contributed by atoms with E-state index in [-0.39, 0.29) is 5.69 Å². The first-order valence-corrected chi connectivity index (χ1v) is 8.71. The lowest BCUT2D eigenvalue weighted by atomic mass is 10.2. The number of hydrogen-bond acceptors (Lipinski definition) is 4. The highest BCUT2D eigenvalue weighted by atomic mass is 16.5. The SMILES string of the molecule is CCOc1ccccc1NC(=O)c1nn(-c2ccc(C)cc2)c(C)cc1=O. The summed E-state index contributed by atoms with van der Waals surface area (Å²) < 4.78 is 7.10. The second-order valence-corrected chi connectivity index (χ2v) is 6.13. The molecule has 0 radical (unpaired) electrons. The number of aryl methyl sites for hydroxylation is 2. The molecule has 0 aliphatic heterocycles. The fourth-order valence-corrected chi connectivity index (χ4v) is 2.68. The summed E-state index contributed by atoms with van der Waals surface area (Å²) >= 11 is 0. The molecule has 3 aromatic rings. The van der Waals surface area contributed by atoms with E-state index in [4.69, 9.17) is 4.74 Å². The molecule has 0 unspecified atom stereocenters. The molecule has 0 spiro atoms. The highest BCUT2D eigenvalue weighted by Crippen LogP contribution is 2.24. The van der Waals surface area contributed by atoms with Gasteiger partial charge in [-0.2, -0.15) is 5.10 Å². The second-order valence-electron chi connectivity index (χ2n) is 6.13. The van der Waals surface area contributed by atoms with E-state index in [1.165, 1.54) is 6.07 Å². The molecule has 0 fully saturated rings. The lowest BCUT2D eigenvalue weighted by Crippen LogP contribution is -2.27. The average molecular weight is 363 g/mol. The molecule has 2 aromatic carbocycles. The summed E-state index contributed by atoms with van der Waals surface area (Å²) in [7, 11) is 0. The number of rotatable bonds is 5. The van der Waals surface area contributed by atoms with E-state index in [0.717, 1.165) is 11.3 Å². The second kappa shape index (κ2) is 7.86. The Labute approximate surface area is 157 Å².